The Bertz CT molecular complexity index is 426. The summed E-state index contributed by atoms with van der Waals surface area (Å²) < 4.78 is 0. The fraction of sp³-hybridized carbons (Fsp3) is 0.625. The Hall–Kier alpha value is -1.47. The van der Waals surface area contributed by atoms with Crippen LogP contribution in [0.2, 0.25) is 0 Å². The normalized spacial score (nSPS) is 22.7. The van der Waals surface area contributed by atoms with Crippen LogP contribution in [0.15, 0.2) is 16.8 Å². The van der Waals surface area contributed by atoms with Crippen molar-refractivity contribution in [2.24, 2.45) is 10.9 Å². The molecule has 1 amide bonds. The second-order valence-corrected chi connectivity index (χ2v) is 5.46. The third-order valence-electron chi connectivity index (χ3n) is 3.45. The van der Waals surface area contributed by atoms with Gasteiger partial charge in [-0.3, -0.25) is 9.79 Å². The summed E-state index contributed by atoms with van der Waals surface area (Å²) >= 11 is 5.77. The summed E-state index contributed by atoms with van der Waals surface area (Å²) in [6.07, 6.45) is 10.9. The van der Waals surface area contributed by atoms with Gasteiger partial charge in [-0.1, -0.05) is 19.9 Å². The lowest BCUT2D eigenvalue weighted by Crippen LogP contribution is -2.56. The van der Waals surface area contributed by atoms with Gasteiger partial charge in [-0.15, -0.1) is 24.4 Å². The van der Waals surface area contributed by atoms with Gasteiger partial charge >= 0.3 is 0 Å². The minimum atomic E-state index is -0.186. The van der Waals surface area contributed by atoms with E-state index in [1.54, 1.807) is 11.9 Å². The lowest BCUT2D eigenvalue weighted by atomic mass is 10.1. The number of hydrogen-bond acceptors (Lipinski definition) is 2. The first-order valence-electron chi connectivity index (χ1n) is 7.08. The molecule has 0 aromatic carbocycles. The molecule has 0 N–H and O–H groups in total. The lowest BCUT2D eigenvalue weighted by Gasteiger charge is -2.41. The summed E-state index contributed by atoms with van der Waals surface area (Å²) in [4.78, 5) is 20.4. The van der Waals surface area contributed by atoms with E-state index in [-0.39, 0.29) is 18.0 Å². The van der Waals surface area contributed by atoms with Crippen LogP contribution in [0.5, 0.6) is 0 Å². The van der Waals surface area contributed by atoms with Crippen LogP contribution in [0.4, 0.5) is 0 Å². The van der Waals surface area contributed by atoms with E-state index in [0.29, 0.717) is 5.92 Å². The SMILES string of the molecule is C#C.C/C=C1\C(=N/CCl)N(CCC(C)C)C(C)C(=O)N1C. The van der Waals surface area contributed by atoms with Crippen LogP contribution in [0.1, 0.15) is 34.1 Å². The van der Waals surface area contributed by atoms with Crippen molar-refractivity contribution in [3.8, 4) is 12.8 Å². The number of hydrogen-bond donors (Lipinski definition) is 0. The molecule has 1 atom stereocenters. The lowest BCUT2D eigenvalue weighted by molar-refractivity contribution is -0.133. The minimum absolute atomic E-state index is 0.102. The van der Waals surface area contributed by atoms with Crippen LogP contribution < -0.4 is 0 Å². The number of terminal acetylenes is 1. The molecule has 0 radical (unpaired) electrons. The van der Waals surface area contributed by atoms with Crippen molar-refractivity contribution in [1.29, 1.82) is 0 Å². The van der Waals surface area contributed by atoms with Gasteiger partial charge in [0.25, 0.3) is 0 Å². The fourth-order valence-electron chi connectivity index (χ4n) is 2.26. The zero-order valence-electron chi connectivity index (χ0n) is 13.6. The number of allylic oxidation sites excluding steroid dienone is 1. The van der Waals surface area contributed by atoms with Crippen molar-refractivity contribution in [3.63, 3.8) is 0 Å². The second kappa shape index (κ2) is 9.46. The molecular weight excluding hydrogens is 286 g/mol. The maximum Gasteiger partial charge on any atom is 0.249 e. The van der Waals surface area contributed by atoms with Gasteiger partial charge in [0, 0.05) is 13.6 Å². The van der Waals surface area contributed by atoms with Crippen LogP contribution in [0.3, 0.4) is 0 Å². The van der Waals surface area contributed by atoms with Crippen LogP contribution in [-0.4, -0.2) is 47.2 Å². The minimum Gasteiger partial charge on any atom is -0.343 e. The predicted octanol–water partition coefficient (Wildman–Crippen LogP) is 2.94. The molecule has 21 heavy (non-hydrogen) atoms. The second-order valence-electron chi connectivity index (χ2n) is 5.22. The van der Waals surface area contributed by atoms with E-state index in [1.807, 2.05) is 19.9 Å². The number of amidine groups is 1. The maximum absolute atomic E-state index is 12.3. The van der Waals surface area contributed by atoms with Crippen LogP contribution in [-0.2, 0) is 4.79 Å². The number of alkyl halides is 1. The van der Waals surface area contributed by atoms with Gasteiger partial charge in [-0.2, -0.15) is 0 Å². The maximum atomic E-state index is 12.3. The molecule has 1 rings (SSSR count). The molecule has 1 aliphatic heterocycles. The van der Waals surface area contributed by atoms with E-state index in [4.69, 9.17) is 11.6 Å². The standard InChI is InChI=1S/C14H24ClN3O.C2H2/c1-6-12-13(16-9-15)18(8-7-10(2)3)11(4)14(19)17(12)5;1-2/h6,10-11H,7-9H2,1-5H3;1-2H/b12-6+,16-13+;. The molecule has 1 unspecified atom stereocenters. The number of aliphatic imine (C=N–C) groups is 1. The molecule has 4 nitrogen and oxygen atoms in total. The summed E-state index contributed by atoms with van der Waals surface area (Å²) in [6, 6.07) is 0.0222. The number of rotatable bonds is 4. The zero-order chi connectivity index (χ0) is 16.6. The number of carbonyl (C=O) groups excluding carboxylic acids is 1. The van der Waals surface area contributed by atoms with Crippen LogP contribution >= 0.6 is 11.6 Å². The highest BCUT2D eigenvalue weighted by atomic mass is 35.5. The molecule has 0 saturated carbocycles. The average Bonchev–Trinajstić information content (AvgIpc) is 2.47. The van der Waals surface area contributed by atoms with Gasteiger partial charge < -0.3 is 9.80 Å². The largest absolute Gasteiger partial charge is 0.343 e. The van der Waals surface area contributed by atoms with E-state index in [1.165, 1.54) is 0 Å². The molecule has 0 aromatic rings. The van der Waals surface area contributed by atoms with Crippen molar-refractivity contribution in [3.05, 3.63) is 11.8 Å². The van der Waals surface area contributed by atoms with Gasteiger partial charge in [0.15, 0.2) is 0 Å². The van der Waals surface area contributed by atoms with Crippen LogP contribution in [0, 0.1) is 18.8 Å². The molecule has 5 heteroatoms. The highest BCUT2D eigenvalue weighted by molar-refractivity contribution is 6.19. The number of halogens is 1. The number of amides is 1. The van der Waals surface area contributed by atoms with E-state index in [9.17, 15) is 4.79 Å². The Labute approximate surface area is 133 Å². The molecular formula is C16H26ClN3O. The Morgan fingerprint density at radius 2 is 2.00 bits per heavy atom. The molecule has 0 bridgehead atoms. The van der Waals surface area contributed by atoms with Gasteiger partial charge in [0.2, 0.25) is 5.91 Å². The van der Waals surface area contributed by atoms with Crippen molar-refractivity contribution in [2.45, 2.75) is 40.2 Å². The Morgan fingerprint density at radius 3 is 2.43 bits per heavy atom. The first-order valence-corrected chi connectivity index (χ1v) is 7.62. The smallest absolute Gasteiger partial charge is 0.249 e. The molecule has 1 saturated heterocycles. The van der Waals surface area contributed by atoms with Crippen molar-refractivity contribution in [2.75, 3.05) is 19.6 Å². The summed E-state index contributed by atoms with van der Waals surface area (Å²) in [5.41, 5.74) is 0.840. The quantitative estimate of drug-likeness (QED) is 0.454. The average molecular weight is 312 g/mol. The predicted molar refractivity (Wildman–Crippen MR) is 90.2 cm³/mol. The summed E-state index contributed by atoms with van der Waals surface area (Å²) in [5, 5.41) is 0. The van der Waals surface area contributed by atoms with Gasteiger partial charge in [-0.25, -0.2) is 0 Å². The summed E-state index contributed by atoms with van der Waals surface area (Å²) in [6.45, 7) is 9.02. The van der Waals surface area contributed by atoms with Crippen molar-refractivity contribution < 1.29 is 4.79 Å². The summed E-state index contributed by atoms with van der Waals surface area (Å²) in [7, 11) is 1.79. The topological polar surface area (TPSA) is 35.9 Å². The molecule has 0 aromatic heterocycles. The molecule has 1 heterocycles. The van der Waals surface area contributed by atoms with E-state index in [0.717, 1.165) is 24.5 Å². The molecule has 118 valence electrons. The third kappa shape index (κ3) is 4.78. The van der Waals surface area contributed by atoms with E-state index >= 15 is 0 Å². The van der Waals surface area contributed by atoms with Gasteiger partial charge in [0.1, 0.15) is 17.9 Å². The highest BCUT2D eigenvalue weighted by Gasteiger charge is 2.36. The monoisotopic (exact) mass is 311 g/mol. The first-order chi connectivity index (χ1) is 9.93. The van der Waals surface area contributed by atoms with Gasteiger partial charge in [0.05, 0.1) is 5.70 Å². The first kappa shape index (κ1) is 19.5. The van der Waals surface area contributed by atoms with Crippen molar-refractivity contribution >= 4 is 23.3 Å². The molecule has 0 spiro atoms. The Balaban J connectivity index is 0.00000191. The molecule has 0 aliphatic carbocycles. The Morgan fingerprint density at radius 1 is 1.43 bits per heavy atom. The van der Waals surface area contributed by atoms with Crippen LogP contribution in [0.25, 0.3) is 0 Å². The molecule has 1 fully saturated rings. The number of nitrogens with zero attached hydrogens (tertiary/aromatic N) is 3. The number of likely N-dealkylation sites (N-methyl/N-ethyl adjacent to an activating group) is 1. The Kier molecular flexibility index (Phi) is 8.80. The zero-order valence-corrected chi connectivity index (χ0v) is 14.4. The number of piperazine rings is 1. The van der Waals surface area contributed by atoms with E-state index in [2.05, 4.69) is 36.6 Å². The fourth-order valence-corrected chi connectivity index (χ4v) is 2.37. The van der Waals surface area contributed by atoms with E-state index < -0.39 is 0 Å². The highest BCUT2D eigenvalue weighted by Crippen LogP contribution is 2.22. The summed E-state index contributed by atoms with van der Waals surface area (Å²) in [5.74, 6) is 1.52. The molecule has 1 aliphatic rings. The van der Waals surface area contributed by atoms with Gasteiger partial charge in [-0.05, 0) is 26.2 Å². The number of carbonyl (C=O) groups is 1. The third-order valence-corrected chi connectivity index (χ3v) is 3.57. The van der Waals surface area contributed by atoms with Crippen molar-refractivity contribution in [1.82, 2.24) is 9.80 Å².